The van der Waals surface area contributed by atoms with Crippen molar-refractivity contribution in [2.24, 2.45) is 5.16 Å². The molecule has 1 unspecified atom stereocenters. The molecular weight excluding hydrogens is 205 g/mol. The molecule has 2 nitrogen and oxygen atoms in total. The second-order valence-corrected chi connectivity index (χ2v) is 3.32. The van der Waals surface area contributed by atoms with Crippen LogP contribution in [0.15, 0.2) is 29.4 Å². The summed E-state index contributed by atoms with van der Waals surface area (Å²) in [5.41, 5.74) is 0.844. The van der Waals surface area contributed by atoms with Gasteiger partial charge in [-0.1, -0.05) is 35.8 Å². The summed E-state index contributed by atoms with van der Waals surface area (Å²) < 4.78 is 12.6. The summed E-state index contributed by atoms with van der Waals surface area (Å²) in [6.07, 6.45) is 0.703. The van der Waals surface area contributed by atoms with E-state index in [1.807, 2.05) is 6.92 Å². The van der Waals surface area contributed by atoms with Gasteiger partial charge in [0.15, 0.2) is 5.17 Å². The minimum Gasteiger partial charge on any atom is -0.410 e. The van der Waals surface area contributed by atoms with Crippen LogP contribution in [0.5, 0.6) is 0 Å². The minimum absolute atomic E-state index is 0.124. The predicted octanol–water partition coefficient (Wildman–Crippen LogP) is 3.35. The fraction of sp³-hybridized carbons (Fsp3) is 0.300. The summed E-state index contributed by atoms with van der Waals surface area (Å²) in [6.45, 7) is 1.92. The Kier molecular flexibility index (Phi) is 3.89. The zero-order valence-electron chi connectivity index (χ0n) is 7.74. The zero-order chi connectivity index (χ0) is 10.6. The van der Waals surface area contributed by atoms with Crippen LogP contribution in [0, 0.1) is 5.82 Å². The van der Waals surface area contributed by atoms with Gasteiger partial charge in [-0.25, -0.2) is 4.39 Å². The summed E-state index contributed by atoms with van der Waals surface area (Å²) in [4.78, 5) is 0. The Bertz CT molecular complexity index is 323. The van der Waals surface area contributed by atoms with Crippen LogP contribution in [-0.2, 0) is 0 Å². The molecule has 0 aliphatic carbocycles. The van der Waals surface area contributed by atoms with Gasteiger partial charge in [-0.15, -0.1) is 0 Å². The highest BCUT2D eigenvalue weighted by Crippen LogP contribution is 2.23. The van der Waals surface area contributed by atoms with Crippen molar-refractivity contribution in [3.8, 4) is 0 Å². The van der Waals surface area contributed by atoms with E-state index in [2.05, 4.69) is 5.16 Å². The van der Waals surface area contributed by atoms with Crippen LogP contribution in [0.2, 0.25) is 0 Å². The molecule has 0 fully saturated rings. The van der Waals surface area contributed by atoms with E-state index in [9.17, 15) is 4.39 Å². The van der Waals surface area contributed by atoms with Gasteiger partial charge in [0.05, 0.1) is 0 Å². The molecule has 1 N–H and O–H groups in total. The molecule has 0 saturated carbocycles. The lowest BCUT2D eigenvalue weighted by Gasteiger charge is -2.11. The van der Waals surface area contributed by atoms with Crippen molar-refractivity contribution < 1.29 is 9.60 Å². The lowest BCUT2D eigenvalue weighted by atomic mass is 9.98. The summed E-state index contributed by atoms with van der Waals surface area (Å²) in [5, 5.41) is 11.6. The van der Waals surface area contributed by atoms with Gasteiger partial charge in [0.25, 0.3) is 0 Å². The standard InChI is InChI=1S/C10H11ClFNO/c1-2-9(10(11)13-14)7-3-5-8(12)6-4-7/h3-6,9,14H,2H2,1H3/b13-10-. The summed E-state index contributed by atoms with van der Waals surface area (Å²) >= 11 is 5.71. The van der Waals surface area contributed by atoms with Gasteiger partial charge in [0.1, 0.15) is 5.82 Å². The second kappa shape index (κ2) is 4.96. The van der Waals surface area contributed by atoms with E-state index < -0.39 is 0 Å². The van der Waals surface area contributed by atoms with Crippen molar-refractivity contribution in [1.29, 1.82) is 0 Å². The molecular formula is C10H11ClFNO. The van der Waals surface area contributed by atoms with Crippen molar-refractivity contribution in [3.63, 3.8) is 0 Å². The Morgan fingerprint density at radius 3 is 2.50 bits per heavy atom. The Morgan fingerprint density at radius 1 is 1.50 bits per heavy atom. The third-order valence-electron chi connectivity index (χ3n) is 2.06. The van der Waals surface area contributed by atoms with Crippen molar-refractivity contribution in [2.75, 3.05) is 0 Å². The largest absolute Gasteiger partial charge is 0.410 e. The molecule has 0 saturated heterocycles. The van der Waals surface area contributed by atoms with Gasteiger partial charge in [0, 0.05) is 5.92 Å². The topological polar surface area (TPSA) is 32.6 Å². The van der Waals surface area contributed by atoms with Crippen molar-refractivity contribution in [1.82, 2.24) is 0 Å². The number of oxime groups is 1. The Labute approximate surface area is 87.0 Å². The molecule has 1 atom stereocenters. The fourth-order valence-corrected chi connectivity index (χ4v) is 1.59. The van der Waals surface area contributed by atoms with Gasteiger partial charge < -0.3 is 5.21 Å². The highest BCUT2D eigenvalue weighted by molar-refractivity contribution is 6.66. The molecule has 0 aromatic heterocycles. The molecule has 0 spiro atoms. The van der Waals surface area contributed by atoms with Gasteiger partial charge in [-0.2, -0.15) is 0 Å². The number of hydrogen-bond acceptors (Lipinski definition) is 2. The number of rotatable bonds is 3. The number of nitrogens with zero attached hydrogens (tertiary/aromatic N) is 1. The van der Waals surface area contributed by atoms with Crippen LogP contribution in [0.25, 0.3) is 0 Å². The van der Waals surface area contributed by atoms with Gasteiger partial charge in [-0.3, -0.25) is 0 Å². The molecule has 0 amide bonds. The van der Waals surface area contributed by atoms with Crippen LogP contribution < -0.4 is 0 Å². The number of halogens is 2. The fourth-order valence-electron chi connectivity index (χ4n) is 1.31. The molecule has 0 heterocycles. The summed E-state index contributed by atoms with van der Waals surface area (Å²) in [7, 11) is 0. The van der Waals surface area contributed by atoms with E-state index in [1.54, 1.807) is 12.1 Å². The molecule has 0 aliphatic rings. The molecule has 1 aromatic carbocycles. The van der Waals surface area contributed by atoms with E-state index in [4.69, 9.17) is 16.8 Å². The smallest absolute Gasteiger partial charge is 0.152 e. The van der Waals surface area contributed by atoms with Crippen LogP contribution in [-0.4, -0.2) is 10.4 Å². The maximum atomic E-state index is 12.6. The molecule has 4 heteroatoms. The average molecular weight is 216 g/mol. The van der Waals surface area contributed by atoms with Gasteiger partial charge >= 0.3 is 0 Å². The van der Waals surface area contributed by atoms with E-state index >= 15 is 0 Å². The van der Waals surface area contributed by atoms with Gasteiger partial charge in [-0.05, 0) is 24.1 Å². The molecule has 1 rings (SSSR count). The lowest BCUT2D eigenvalue weighted by Crippen LogP contribution is -2.05. The average Bonchev–Trinajstić information content (AvgIpc) is 2.21. The minimum atomic E-state index is -0.291. The van der Waals surface area contributed by atoms with Crippen LogP contribution >= 0.6 is 11.6 Å². The van der Waals surface area contributed by atoms with Crippen molar-refractivity contribution >= 4 is 16.8 Å². The number of hydrogen-bond donors (Lipinski definition) is 1. The van der Waals surface area contributed by atoms with Gasteiger partial charge in [0.2, 0.25) is 0 Å². The highest BCUT2D eigenvalue weighted by atomic mass is 35.5. The summed E-state index contributed by atoms with van der Waals surface area (Å²) in [6, 6.07) is 5.99. The highest BCUT2D eigenvalue weighted by Gasteiger charge is 2.14. The van der Waals surface area contributed by atoms with Crippen molar-refractivity contribution in [3.05, 3.63) is 35.6 Å². The first kappa shape index (κ1) is 11.0. The second-order valence-electron chi connectivity index (χ2n) is 2.94. The molecule has 0 radical (unpaired) electrons. The Balaban J connectivity index is 2.95. The van der Waals surface area contributed by atoms with Crippen molar-refractivity contribution in [2.45, 2.75) is 19.3 Å². The molecule has 14 heavy (non-hydrogen) atoms. The lowest BCUT2D eigenvalue weighted by molar-refractivity contribution is 0.318. The van der Waals surface area contributed by atoms with E-state index in [0.29, 0.717) is 6.42 Å². The monoisotopic (exact) mass is 215 g/mol. The summed E-state index contributed by atoms with van der Waals surface area (Å²) in [5.74, 6) is -0.456. The quantitative estimate of drug-likeness (QED) is 0.468. The maximum Gasteiger partial charge on any atom is 0.152 e. The predicted molar refractivity (Wildman–Crippen MR) is 54.5 cm³/mol. The first-order valence-corrected chi connectivity index (χ1v) is 4.69. The molecule has 0 aliphatic heterocycles. The Hall–Kier alpha value is -1.09. The van der Waals surface area contributed by atoms with E-state index in [-0.39, 0.29) is 16.9 Å². The first-order chi connectivity index (χ1) is 6.69. The Morgan fingerprint density at radius 2 is 2.07 bits per heavy atom. The molecule has 1 aromatic rings. The SMILES string of the molecule is CCC(/C(Cl)=N/O)c1ccc(F)cc1. The maximum absolute atomic E-state index is 12.6. The van der Waals surface area contributed by atoms with Crippen LogP contribution in [0.1, 0.15) is 24.8 Å². The normalized spacial score (nSPS) is 14.1. The third kappa shape index (κ3) is 2.45. The number of benzene rings is 1. The van der Waals surface area contributed by atoms with Crippen LogP contribution in [0.3, 0.4) is 0 Å². The van der Waals surface area contributed by atoms with E-state index in [0.717, 1.165) is 5.56 Å². The third-order valence-corrected chi connectivity index (χ3v) is 2.40. The van der Waals surface area contributed by atoms with Crippen LogP contribution in [0.4, 0.5) is 4.39 Å². The zero-order valence-corrected chi connectivity index (χ0v) is 8.50. The molecule has 0 bridgehead atoms. The molecule has 76 valence electrons. The van der Waals surface area contributed by atoms with E-state index in [1.165, 1.54) is 12.1 Å². The first-order valence-electron chi connectivity index (χ1n) is 4.32.